The van der Waals surface area contributed by atoms with Crippen molar-refractivity contribution in [1.82, 2.24) is 10.3 Å². The molecule has 1 aromatic heterocycles. The van der Waals surface area contributed by atoms with E-state index in [1.165, 1.54) is 0 Å². The van der Waals surface area contributed by atoms with Gasteiger partial charge in [-0.1, -0.05) is 11.8 Å². The number of urea groups is 1. The van der Waals surface area contributed by atoms with Crippen LogP contribution in [0.5, 0.6) is 0 Å². The van der Waals surface area contributed by atoms with Crippen LogP contribution in [0.15, 0.2) is 38.9 Å². The van der Waals surface area contributed by atoms with Crippen molar-refractivity contribution in [2.45, 2.75) is 48.4 Å². The lowest BCUT2D eigenvalue weighted by atomic mass is 9.99. The summed E-state index contributed by atoms with van der Waals surface area (Å²) >= 11 is 3.18. The van der Waals surface area contributed by atoms with Crippen molar-refractivity contribution in [3.63, 3.8) is 0 Å². The van der Waals surface area contributed by atoms with Crippen LogP contribution < -0.4 is 10.6 Å². The molecule has 6 nitrogen and oxygen atoms in total. The number of thiazole rings is 1. The molecule has 1 aromatic carbocycles. The number of benzene rings is 1. The van der Waals surface area contributed by atoms with Gasteiger partial charge in [0.1, 0.15) is 0 Å². The van der Waals surface area contributed by atoms with Crippen LogP contribution in [-0.2, 0) is 4.79 Å². The normalized spacial score (nSPS) is 11.2. The third kappa shape index (κ3) is 6.75. The Labute approximate surface area is 155 Å². The van der Waals surface area contributed by atoms with Crippen molar-refractivity contribution < 1.29 is 14.7 Å². The zero-order valence-corrected chi connectivity index (χ0v) is 16.0. The highest BCUT2D eigenvalue weighted by atomic mass is 32.2. The predicted octanol–water partition coefficient (Wildman–Crippen LogP) is 4.37. The van der Waals surface area contributed by atoms with E-state index in [0.29, 0.717) is 12.1 Å². The summed E-state index contributed by atoms with van der Waals surface area (Å²) in [7, 11) is 0. The van der Waals surface area contributed by atoms with Crippen molar-refractivity contribution in [2.75, 3.05) is 5.32 Å². The maximum absolute atomic E-state index is 12.1. The van der Waals surface area contributed by atoms with Crippen LogP contribution in [0, 0.1) is 6.92 Å². The van der Waals surface area contributed by atoms with E-state index in [9.17, 15) is 9.59 Å². The molecule has 2 aromatic rings. The van der Waals surface area contributed by atoms with Crippen LogP contribution in [-0.4, -0.2) is 27.6 Å². The van der Waals surface area contributed by atoms with Gasteiger partial charge in [0.25, 0.3) is 0 Å². The van der Waals surface area contributed by atoms with Crippen molar-refractivity contribution in [3.05, 3.63) is 35.3 Å². The lowest BCUT2D eigenvalue weighted by Crippen LogP contribution is -2.45. The Hall–Kier alpha value is -2.06. The summed E-state index contributed by atoms with van der Waals surface area (Å²) in [6.45, 7) is 5.56. The molecule has 3 N–H and O–H groups in total. The van der Waals surface area contributed by atoms with Crippen LogP contribution >= 0.6 is 23.1 Å². The summed E-state index contributed by atoms with van der Waals surface area (Å²) in [6.07, 6.45) is 0.369. The number of carbonyl (C=O) groups is 2. The molecule has 1 heterocycles. The van der Waals surface area contributed by atoms with E-state index in [0.717, 1.165) is 14.9 Å². The molecule has 0 aliphatic carbocycles. The molecule has 8 heteroatoms. The molecule has 0 aliphatic rings. The third-order valence-electron chi connectivity index (χ3n) is 3.33. The summed E-state index contributed by atoms with van der Waals surface area (Å²) < 4.78 is 0.983. The van der Waals surface area contributed by atoms with Gasteiger partial charge in [0.05, 0.1) is 0 Å². The summed E-state index contributed by atoms with van der Waals surface area (Å²) in [6, 6.07) is 7.14. The molecule has 134 valence electrons. The van der Waals surface area contributed by atoms with E-state index in [2.05, 4.69) is 15.6 Å². The fraction of sp³-hybridized carbons (Fsp3) is 0.353. The molecule has 0 radical (unpaired) electrons. The standard InChI is InChI=1S/C17H21N3O3S2/c1-11-10-24-16(18-11)25-13-6-4-12(5-7-13)19-15(23)20-17(2,3)9-8-14(21)22/h4-7,10H,8-9H2,1-3H3,(H,21,22)(H2,19,20,23). The highest BCUT2D eigenvalue weighted by molar-refractivity contribution is 8.01. The lowest BCUT2D eigenvalue weighted by molar-refractivity contribution is -0.137. The highest BCUT2D eigenvalue weighted by Crippen LogP contribution is 2.30. The highest BCUT2D eigenvalue weighted by Gasteiger charge is 2.21. The average Bonchev–Trinajstić information content (AvgIpc) is 2.92. The van der Waals surface area contributed by atoms with Crippen LogP contribution in [0.4, 0.5) is 10.5 Å². The first-order valence-electron chi connectivity index (χ1n) is 7.74. The number of aromatic nitrogens is 1. The third-order valence-corrected chi connectivity index (χ3v) is 5.40. The average molecular weight is 380 g/mol. The van der Waals surface area contributed by atoms with Crippen molar-refractivity contribution in [3.8, 4) is 0 Å². The number of anilines is 1. The largest absolute Gasteiger partial charge is 0.481 e. The van der Waals surface area contributed by atoms with Crippen LogP contribution in [0.1, 0.15) is 32.4 Å². The fourth-order valence-corrected chi connectivity index (χ4v) is 3.85. The van der Waals surface area contributed by atoms with E-state index >= 15 is 0 Å². The number of rotatable bonds is 7. The summed E-state index contributed by atoms with van der Waals surface area (Å²) in [5, 5.41) is 16.3. The minimum Gasteiger partial charge on any atom is -0.481 e. The molecule has 0 saturated carbocycles. The number of hydrogen-bond donors (Lipinski definition) is 3. The maximum Gasteiger partial charge on any atom is 0.319 e. The Morgan fingerprint density at radius 2 is 1.96 bits per heavy atom. The maximum atomic E-state index is 12.1. The minimum absolute atomic E-state index is 0.00936. The number of nitrogens with one attached hydrogen (secondary N) is 2. The molecule has 2 amide bonds. The predicted molar refractivity (Wildman–Crippen MR) is 101 cm³/mol. The molecular weight excluding hydrogens is 358 g/mol. The van der Waals surface area contributed by atoms with E-state index in [1.807, 2.05) is 36.6 Å². The van der Waals surface area contributed by atoms with Gasteiger partial charge >= 0.3 is 12.0 Å². The number of carbonyl (C=O) groups excluding carboxylic acids is 1. The van der Waals surface area contributed by atoms with Crippen molar-refractivity contribution in [2.24, 2.45) is 0 Å². The number of aryl methyl sites for hydroxylation is 1. The summed E-state index contributed by atoms with van der Waals surface area (Å²) in [4.78, 5) is 28.2. The Bertz CT molecular complexity index is 742. The van der Waals surface area contributed by atoms with E-state index < -0.39 is 11.5 Å². The first-order valence-corrected chi connectivity index (χ1v) is 9.44. The number of carboxylic acids is 1. The topological polar surface area (TPSA) is 91.3 Å². The lowest BCUT2D eigenvalue weighted by Gasteiger charge is -2.25. The molecule has 0 unspecified atom stereocenters. The summed E-state index contributed by atoms with van der Waals surface area (Å²) in [5.41, 5.74) is 1.08. The Balaban J connectivity index is 1.87. The van der Waals surface area contributed by atoms with Crippen molar-refractivity contribution in [1.29, 1.82) is 0 Å². The van der Waals surface area contributed by atoms with Gasteiger partial charge in [0.15, 0.2) is 4.34 Å². The molecule has 2 rings (SSSR count). The summed E-state index contributed by atoms with van der Waals surface area (Å²) in [5.74, 6) is -0.876. The smallest absolute Gasteiger partial charge is 0.319 e. The van der Waals surface area contributed by atoms with E-state index in [-0.39, 0.29) is 12.5 Å². The SMILES string of the molecule is Cc1csc(Sc2ccc(NC(=O)NC(C)(C)CCC(=O)O)cc2)n1. The molecule has 25 heavy (non-hydrogen) atoms. The van der Waals surface area contributed by atoms with Gasteiger partial charge < -0.3 is 15.7 Å². The van der Waals surface area contributed by atoms with Gasteiger partial charge in [-0.15, -0.1) is 11.3 Å². The minimum atomic E-state index is -0.876. The molecular formula is C17H21N3O3S2. The van der Waals surface area contributed by atoms with Gasteiger partial charge in [0, 0.05) is 33.6 Å². The molecule has 0 bridgehead atoms. The quantitative estimate of drug-likeness (QED) is 0.664. The van der Waals surface area contributed by atoms with E-state index in [4.69, 9.17) is 5.11 Å². The Kier molecular flexibility index (Phi) is 6.44. The van der Waals surface area contributed by atoms with Crippen LogP contribution in [0.2, 0.25) is 0 Å². The molecule has 0 spiro atoms. The Morgan fingerprint density at radius 3 is 2.52 bits per heavy atom. The first kappa shape index (κ1) is 19.3. The molecule has 0 aliphatic heterocycles. The Morgan fingerprint density at radius 1 is 1.28 bits per heavy atom. The van der Waals surface area contributed by atoms with Crippen LogP contribution in [0.3, 0.4) is 0 Å². The number of nitrogens with zero attached hydrogens (tertiary/aromatic N) is 1. The number of hydrogen-bond acceptors (Lipinski definition) is 5. The van der Waals surface area contributed by atoms with Gasteiger partial charge in [-0.3, -0.25) is 4.79 Å². The van der Waals surface area contributed by atoms with Crippen LogP contribution in [0.25, 0.3) is 0 Å². The second kappa shape index (κ2) is 8.35. The molecule has 0 atom stereocenters. The second-order valence-corrected chi connectivity index (χ2v) is 8.42. The van der Waals surface area contributed by atoms with Gasteiger partial charge in [-0.25, -0.2) is 9.78 Å². The second-order valence-electron chi connectivity index (χ2n) is 6.24. The van der Waals surface area contributed by atoms with Gasteiger partial charge in [0.2, 0.25) is 0 Å². The van der Waals surface area contributed by atoms with Gasteiger partial charge in [-0.2, -0.15) is 0 Å². The molecule has 0 fully saturated rings. The number of carboxylic acid groups (broad SMARTS) is 1. The van der Waals surface area contributed by atoms with E-state index in [1.54, 1.807) is 36.9 Å². The number of aliphatic carboxylic acids is 1. The first-order chi connectivity index (χ1) is 11.7. The molecule has 0 saturated heterocycles. The van der Waals surface area contributed by atoms with Gasteiger partial charge in [-0.05, 0) is 51.5 Å². The zero-order valence-electron chi connectivity index (χ0n) is 14.3. The van der Waals surface area contributed by atoms with Crippen molar-refractivity contribution >= 4 is 40.8 Å². The monoisotopic (exact) mass is 379 g/mol. The zero-order chi connectivity index (χ0) is 18.4. The fourth-order valence-electron chi connectivity index (χ4n) is 2.04. The number of amides is 2.